The van der Waals surface area contributed by atoms with E-state index in [2.05, 4.69) is 12.2 Å². The predicted octanol–water partition coefficient (Wildman–Crippen LogP) is 1.28. The minimum absolute atomic E-state index is 0.159. The number of nitrogens with one attached hydrogen (secondary N) is 1. The van der Waals surface area contributed by atoms with Gasteiger partial charge in [0.1, 0.15) is 11.5 Å². The van der Waals surface area contributed by atoms with Gasteiger partial charge in [-0.05, 0) is 31.2 Å². The molecule has 0 aromatic heterocycles. The van der Waals surface area contributed by atoms with Crippen LogP contribution >= 0.6 is 0 Å². The number of benzene rings is 1. The number of amides is 1. The molecule has 0 saturated carbocycles. The lowest BCUT2D eigenvalue weighted by Gasteiger charge is -2.31. The maximum Gasteiger partial charge on any atom is 0.226 e. The zero-order valence-corrected chi connectivity index (χ0v) is 12.1. The van der Waals surface area contributed by atoms with Gasteiger partial charge in [0, 0.05) is 25.7 Å². The molecule has 1 aliphatic heterocycles. The molecule has 110 valence electrons. The number of hydrogen-bond acceptors (Lipinski definition) is 4. The molecule has 0 bridgehead atoms. The summed E-state index contributed by atoms with van der Waals surface area (Å²) in [6.07, 6.45) is 0.415. The molecule has 1 aliphatic rings. The monoisotopic (exact) mass is 278 g/mol. The Morgan fingerprint density at radius 1 is 1.35 bits per heavy atom. The third-order valence-corrected chi connectivity index (χ3v) is 3.37. The highest BCUT2D eigenvalue weighted by atomic mass is 16.5. The Bertz CT molecular complexity index is 433. The van der Waals surface area contributed by atoms with E-state index in [-0.39, 0.29) is 5.91 Å². The van der Waals surface area contributed by atoms with E-state index in [1.165, 1.54) is 0 Å². The molecular formula is C15H22N2O3. The fraction of sp³-hybridized carbons (Fsp3) is 0.533. The van der Waals surface area contributed by atoms with Gasteiger partial charge in [0.05, 0.1) is 20.1 Å². The molecule has 1 aromatic carbocycles. The van der Waals surface area contributed by atoms with Crippen LogP contribution < -0.4 is 14.8 Å². The average molecular weight is 278 g/mol. The van der Waals surface area contributed by atoms with Gasteiger partial charge in [-0.1, -0.05) is 0 Å². The average Bonchev–Trinajstić information content (AvgIpc) is 2.48. The molecule has 5 heteroatoms. The van der Waals surface area contributed by atoms with Crippen molar-refractivity contribution < 1.29 is 14.3 Å². The predicted molar refractivity (Wildman–Crippen MR) is 77.2 cm³/mol. The van der Waals surface area contributed by atoms with E-state index >= 15 is 0 Å². The Morgan fingerprint density at radius 2 is 2.05 bits per heavy atom. The summed E-state index contributed by atoms with van der Waals surface area (Å²) in [4.78, 5) is 13.9. The second-order valence-electron chi connectivity index (χ2n) is 4.97. The van der Waals surface area contributed by atoms with E-state index in [0.29, 0.717) is 19.1 Å². The van der Waals surface area contributed by atoms with Gasteiger partial charge in [-0.15, -0.1) is 0 Å². The zero-order valence-electron chi connectivity index (χ0n) is 12.1. The molecule has 1 N–H and O–H groups in total. The molecule has 0 spiro atoms. The van der Waals surface area contributed by atoms with Crippen LogP contribution in [0.25, 0.3) is 0 Å². The highest BCUT2D eigenvalue weighted by Crippen LogP contribution is 2.17. The molecule has 0 radical (unpaired) electrons. The Balaban J connectivity index is 1.73. The van der Waals surface area contributed by atoms with Crippen molar-refractivity contribution in [1.82, 2.24) is 10.2 Å². The van der Waals surface area contributed by atoms with Crippen molar-refractivity contribution in [2.24, 2.45) is 0 Å². The Kier molecular flexibility index (Phi) is 5.24. The molecule has 1 unspecified atom stereocenters. The SMILES string of the molecule is COc1ccc(OCCC(=O)N2CCNC(C)C2)cc1. The summed E-state index contributed by atoms with van der Waals surface area (Å²) in [5.41, 5.74) is 0. The minimum Gasteiger partial charge on any atom is -0.497 e. The molecule has 20 heavy (non-hydrogen) atoms. The number of hydrogen-bond donors (Lipinski definition) is 1. The number of carbonyl (C=O) groups is 1. The maximum atomic E-state index is 12.0. The molecule has 1 fully saturated rings. The highest BCUT2D eigenvalue weighted by molar-refractivity contribution is 5.76. The quantitative estimate of drug-likeness (QED) is 0.881. The first kappa shape index (κ1) is 14.7. The van der Waals surface area contributed by atoms with Crippen LogP contribution in [0.3, 0.4) is 0 Å². The van der Waals surface area contributed by atoms with E-state index in [4.69, 9.17) is 9.47 Å². The lowest BCUT2D eigenvalue weighted by atomic mass is 10.2. The van der Waals surface area contributed by atoms with Crippen molar-refractivity contribution in [3.63, 3.8) is 0 Å². The van der Waals surface area contributed by atoms with Crippen molar-refractivity contribution in [3.8, 4) is 11.5 Å². The van der Waals surface area contributed by atoms with Crippen LogP contribution in [-0.2, 0) is 4.79 Å². The van der Waals surface area contributed by atoms with Crippen molar-refractivity contribution in [1.29, 1.82) is 0 Å². The lowest BCUT2D eigenvalue weighted by Crippen LogP contribution is -2.51. The molecule has 1 heterocycles. The minimum atomic E-state index is 0.159. The first-order chi connectivity index (χ1) is 9.69. The summed E-state index contributed by atoms with van der Waals surface area (Å²) < 4.78 is 10.7. The van der Waals surface area contributed by atoms with Crippen LogP contribution in [0.5, 0.6) is 11.5 Å². The number of ether oxygens (including phenoxy) is 2. The standard InChI is InChI=1S/C15H22N2O3/c1-12-11-17(9-8-16-12)15(18)7-10-20-14-5-3-13(19-2)4-6-14/h3-6,12,16H,7-11H2,1-2H3. The van der Waals surface area contributed by atoms with E-state index in [1.807, 2.05) is 29.2 Å². The summed E-state index contributed by atoms with van der Waals surface area (Å²) in [5, 5.41) is 3.32. The Hall–Kier alpha value is -1.75. The normalized spacial score (nSPS) is 18.7. The third-order valence-electron chi connectivity index (χ3n) is 3.37. The van der Waals surface area contributed by atoms with Gasteiger partial charge in [0.25, 0.3) is 0 Å². The van der Waals surface area contributed by atoms with Crippen molar-refractivity contribution >= 4 is 5.91 Å². The van der Waals surface area contributed by atoms with Crippen LogP contribution in [0.15, 0.2) is 24.3 Å². The fourth-order valence-electron chi connectivity index (χ4n) is 2.25. The lowest BCUT2D eigenvalue weighted by molar-refractivity contribution is -0.132. The molecule has 1 saturated heterocycles. The van der Waals surface area contributed by atoms with E-state index < -0.39 is 0 Å². The summed E-state index contributed by atoms with van der Waals surface area (Å²) >= 11 is 0. The molecule has 5 nitrogen and oxygen atoms in total. The Morgan fingerprint density at radius 3 is 2.70 bits per heavy atom. The molecule has 1 atom stereocenters. The van der Waals surface area contributed by atoms with Crippen molar-refractivity contribution in [3.05, 3.63) is 24.3 Å². The van der Waals surface area contributed by atoms with Crippen molar-refractivity contribution in [2.75, 3.05) is 33.4 Å². The topological polar surface area (TPSA) is 50.8 Å². The number of methoxy groups -OCH3 is 1. The van der Waals surface area contributed by atoms with Crippen LogP contribution in [0, 0.1) is 0 Å². The summed E-state index contributed by atoms with van der Waals surface area (Å²) in [6.45, 7) is 4.93. The van der Waals surface area contributed by atoms with Gasteiger partial charge in [0.15, 0.2) is 0 Å². The van der Waals surface area contributed by atoms with Gasteiger partial charge >= 0.3 is 0 Å². The zero-order chi connectivity index (χ0) is 14.4. The first-order valence-corrected chi connectivity index (χ1v) is 6.97. The van der Waals surface area contributed by atoms with Gasteiger partial charge in [-0.2, -0.15) is 0 Å². The number of rotatable bonds is 5. The second-order valence-corrected chi connectivity index (χ2v) is 4.97. The number of piperazine rings is 1. The molecule has 0 aliphatic carbocycles. The summed E-state index contributed by atoms with van der Waals surface area (Å²) in [7, 11) is 1.63. The van der Waals surface area contributed by atoms with Gasteiger partial charge in [-0.3, -0.25) is 4.79 Å². The van der Waals surface area contributed by atoms with Gasteiger partial charge < -0.3 is 19.7 Å². The number of nitrogens with zero attached hydrogens (tertiary/aromatic N) is 1. The van der Waals surface area contributed by atoms with Crippen LogP contribution in [-0.4, -0.2) is 50.2 Å². The Labute approximate surface area is 119 Å². The van der Waals surface area contributed by atoms with Crippen LogP contribution in [0.1, 0.15) is 13.3 Å². The maximum absolute atomic E-state index is 12.0. The summed E-state index contributed by atoms with van der Waals surface area (Å²) in [6, 6.07) is 7.74. The third kappa shape index (κ3) is 4.13. The van der Waals surface area contributed by atoms with Gasteiger partial charge in [-0.25, -0.2) is 0 Å². The van der Waals surface area contributed by atoms with Crippen LogP contribution in [0.4, 0.5) is 0 Å². The molecular weight excluding hydrogens is 256 g/mol. The summed E-state index contributed by atoms with van der Waals surface area (Å²) in [5.74, 6) is 1.71. The molecule has 1 amide bonds. The largest absolute Gasteiger partial charge is 0.497 e. The van der Waals surface area contributed by atoms with E-state index in [1.54, 1.807) is 7.11 Å². The van der Waals surface area contributed by atoms with Crippen LogP contribution in [0.2, 0.25) is 0 Å². The molecule has 1 aromatic rings. The van der Waals surface area contributed by atoms with Gasteiger partial charge in [0.2, 0.25) is 5.91 Å². The second kappa shape index (κ2) is 7.14. The first-order valence-electron chi connectivity index (χ1n) is 6.97. The van der Waals surface area contributed by atoms with E-state index in [0.717, 1.165) is 31.1 Å². The molecule has 2 rings (SSSR count). The smallest absolute Gasteiger partial charge is 0.226 e. The van der Waals surface area contributed by atoms with E-state index in [9.17, 15) is 4.79 Å². The van der Waals surface area contributed by atoms with Crippen molar-refractivity contribution in [2.45, 2.75) is 19.4 Å². The fourth-order valence-corrected chi connectivity index (χ4v) is 2.25. The highest BCUT2D eigenvalue weighted by Gasteiger charge is 2.19. The number of carbonyl (C=O) groups excluding carboxylic acids is 1.